The van der Waals surface area contributed by atoms with E-state index >= 15 is 0 Å². The van der Waals surface area contributed by atoms with E-state index in [-0.39, 0.29) is 17.9 Å². The Morgan fingerprint density at radius 1 is 1.20 bits per heavy atom. The highest BCUT2D eigenvalue weighted by molar-refractivity contribution is 6.17. The molecular weight excluding hydrogens is 314 g/mol. The Morgan fingerprint density at radius 3 is 2.68 bits per heavy atom. The number of anilines is 2. The van der Waals surface area contributed by atoms with Gasteiger partial charge >= 0.3 is 0 Å². The third-order valence-corrected chi connectivity index (χ3v) is 4.73. The lowest BCUT2D eigenvalue weighted by molar-refractivity contribution is -0.118. The normalized spacial score (nSPS) is 21.2. The van der Waals surface area contributed by atoms with Crippen molar-refractivity contribution < 1.29 is 9.59 Å². The van der Waals surface area contributed by atoms with Crippen LogP contribution in [0.1, 0.15) is 20.3 Å². The first-order chi connectivity index (χ1) is 12.1. The van der Waals surface area contributed by atoms with Crippen LogP contribution in [0.3, 0.4) is 0 Å². The van der Waals surface area contributed by atoms with Crippen LogP contribution in [-0.2, 0) is 9.59 Å². The second-order valence-electron chi connectivity index (χ2n) is 6.48. The van der Waals surface area contributed by atoms with Crippen molar-refractivity contribution >= 4 is 28.9 Å². The molecule has 0 unspecified atom stereocenters. The summed E-state index contributed by atoms with van der Waals surface area (Å²) in [6.45, 7) is 3.97. The molecule has 4 rings (SSSR count). The van der Waals surface area contributed by atoms with Crippen LogP contribution < -0.4 is 9.80 Å². The number of fused-ring (bicyclic) bond motifs is 2. The van der Waals surface area contributed by atoms with E-state index in [0.717, 1.165) is 29.1 Å². The summed E-state index contributed by atoms with van der Waals surface area (Å²) in [7, 11) is 0. The standard InChI is InChI=1S/C20H19N3O2/c1-13-12-22(18-9-5-6-10-19(18)23(13)14(2)24)20(25)17-11-15-7-3-4-8-16(15)21-17/h3-7,9-11,13H,8,12H2,1-2H3/t13-/m0/s1. The van der Waals surface area contributed by atoms with E-state index in [0.29, 0.717) is 12.2 Å². The van der Waals surface area contributed by atoms with E-state index in [1.807, 2.05) is 55.5 Å². The first-order valence-corrected chi connectivity index (χ1v) is 8.43. The Kier molecular flexibility index (Phi) is 3.64. The van der Waals surface area contributed by atoms with E-state index in [2.05, 4.69) is 4.99 Å². The smallest absolute Gasteiger partial charge is 0.277 e. The number of nitrogens with zero attached hydrogens (tertiary/aromatic N) is 3. The molecule has 1 atom stereocenters. The Morgan fingerprint density at radius 2 is 1.96 bits per heavy atom. The molecule has 0 N–H and O–H groups in total. The van der Waals surface area contributed by atoms with Crippen LogP contribution in [0.5, 0.6) is 0 Å². The second kappa shape index (κ2) is 5.84. The summed E-state index contributed by atoms with van der Waals surface area (Å²) in [4.78, 5) is 33.2. The number of aliphatic imine (C=N–C) groups is 1. The molecule has 2 heterocycles. The molecule has 1 aliphatic carbocycles. The van der Waals surface area contributed by atoms with Crippen LogP contribution in [0, 0.1) is 0 Å². The summed E-state index contributed by atoms with van der Waals surface area (Å²) in [6, 6.07) is 7.44. The number of benzene rings is 1. The maximum absolute atomic E-state index is 13.1. The Labute approximate surface area is 146 Å². The number of amides is 2. The average Bonchev–Trinajstić information content (AvgIpc) is 3.04. The van der Waals surface area contributed by atoms with Gasteiger partial charge in [-0.2, -0.15) is 0 Å². The van der Waals surface area contributed by atoms with Crippen LogP contribution in [0.25, 0.3) is 0 Å². The molecule has 0 fully saturated rings. The van der Waals surface area contributed by atoms with Crippen molar-refractivity contribution in [2.75, 3.05) is 16.3 Å². The van der Waals surface area contributed by atoms with E-state index in [1.54, 1.807) is 16.7 Å². The summed E-state index contributed by atoms with van der Waals surface area (Å²) in [5.74, 6) is -0.139. The largest absolute Gasteiger partial charge is 0.306 e. The molecule has 5 heteroatoms. The van der Waals surface area contributed by atoms with Gasteiger partial charge in [-0.05, 0) is 30.7 Å². The molecule has 126 valence electrons. The van der Waals surface area contributed by atoms with Gasteiger partial charge in [0.15, 0.2) is 0 Å². The van der Waals surface area contributed by atoms with Gasteiger partial charge in [0, 0.05) is 19.9 Å². The van der Waals surface area contributed by atoms with Crippen LogP contribution in [-0.4, -0.2) is 30.1 Å². The van der Waals surface area contributed by atoms with Crippen molar-refractivity contribution in [2.24, 2.45) is 4.99 Å². The van der Waals surface area contributed by atoms with Crippen molar-refractivity contribution in [1.29, 1.82) is 0 Å². The number of para-hydroxylation sites is 2. The van der Waals surface area contributed by atoms with E-state index in [1.165, 1.54) is 0 Å². The number of allylic oxidation sites excluding steroid dienone is 5. The molecule has 0 aromatic heterocycles. The zero-order valence-corrected chi connectivity index (χ0v) is 14.3. The van der Waals surface area contributed by atoms with Gasteiger partial charge in [0.05, 0.1) is 23.1 Å². The van der Waals surface area contributed by atoms with E-state index < -0.39 is 0 Å². The van der Waals surface area contributed by atoms with Crippen molar-refractivity contribution in [1.82, 2.24) is 0 Å². The van der Waals surface area contributed by atoms with Crippen molar-refractivity contribution in [3.05, 3.63) is 59.8 Å². The van der Waals surface area contributed by atoms with Crippen molar-refractivity contribution in [3.63, 3.8) is 0 Å². The number of carbonyl (C=O) groups is 2. The molecule has 25 heavy (non-hydrogen) atoms. The number of hydrogen-bond acceptors (Lipinski definition) is 3. The number of rotatable bonds is 1. The molecule has 2 amide bonds. The molecule has 0 saturated heterocycles. The molecule has 1 aromatic rings. The average molecular weight is 333 g/mol. The zero-order chi connectivity index (χ0) is 17.6. The molecule has 0 radical (unpaired) electrons. The first kappa shape index (κ1) is 15.6. The van der Waals surface area contributed by atoms with Crippen LogP contribution >= 0.6 is 0 Å². The van der Waals surface area contributed by atoms with Crippen molar-refractivity contribution in [3.8, 4) is 0 Å². The van der Waals surface area contributed by atoms with Gasteiger partial charge in [-0.3, -0.25) is 9.59 Å². The van der Waals surface area contributed by atoms with Gasteiger partial charge in [-0.25, -0.2) is 4.99 Å². The Bertz CT molecular complexity index is 892. The van der Waals surface area contributed by atoms with Gasteiger partial charge in [-0.1, -0.05) is 30.4 Å². The molecule has 3 aliphatic rings. The zero-order valence-electron chi connectivity index (χ0n) is 14.3. The van der Waals surface area contributed by atoms with Gasteiger partial charge in [0.1, 0.15) is 5.70 Å². The first-order valence-electron chi connectivity index (χ1n) is 8.43. The minimum absolute atomic E-state index is 0.0189. The van der Waals surface area contributed by atoms with Gasteiger partial charge in [0.2, 0.25) is 5.91 Å². The Balaban J connectivity index is 1.72. The highest BCUT2D eigenvalue weighted by Gasteiger charge is 2.35. The highest BCUT2D eigenvalue weighted by atomic mass is 16.2. The molecule has 1 aromatic carbocycles. The maximum atomic E-state index is 13.1. The minimum Gasteiger partial charge on any atom is -0.306 e. The fraction of sp³-hybridized carbons (Fsp3) is 0.250. The lowest BCUT2D eigenvalue weighted by atomic mass is 10.0. The fourth-order valence-corrected chi connectivity index (χ4v) is 3.63. The predicted molar refractivity (Wildman–Crippen MR) is 98.8 cm³/mol. The summed E-state index contributed by atoms with van der Waals surface area (Å²) >= 11 is 0. The molecule has 5 nitrogen and oxygen atoms in total. The maximum Gasteiger partial charge on any atom is 0.277 e. The second-order valence-corrected chi connectivity index (χ2v) is 6.48. The van der Waals surface area contributed by atoms with Gasteiger partial charge in [0.25, 0.3) is 5.91 Å². The van der Waals surface area contributed by atoms with Gasteiger partial charge in [-0.15, -0.1) is 0 Å². The SMILES string of the molecule is CC(=O)N1c2ccccc2N(C(=O)C2=CC3=CC=CCC3=N2)C[C@@H]1C. The van der Waals surface area contributed by atoms with Crippen LogP contribution in [0.15, 0.2) is 64.8 Å². The monoisotopic (exact) mass is 333 g/mol. The lowest BCUT2D eigenvalue weighted by Gasteiger charge is -2.40. The summed E-state index contributed by atoms with van der Waals surface area (Å²) in [5.41, 5.74) is 3.93. The summed E-state index contributed by atoms with van der Waals surface area (Å²) in [6.07, 6.45) is 8.61. The minimum atomic E-state index is -0.120. The summed E-state index contributed by atoms with van der Waals surface area (Å²) < 4.78 is 0. The third-order valence-electron chi connectivity index (χ3n) is 4.73. The quantitative estimate of drug-likeness (QED) is 0.793. The third kappa shape index (κ3) is 2.52. The molecular formula is C20H19N3O2. The number of carbonyl (C=O) groups excluding carboxylic acids is 2. The highest BCUT2D eigenvalue weighted by Crippen LogP contribution is 2.37. The number of hydrogen-bond donors (Lipinski definition) is 0. The molecule has 2 aliphatic heterocycles. The van der Waals surface area contributed by atoms with Crippen LogP contribution in [0.2, 0.25) is 0 Å². The molecule has 0 bridgehead atoms. The fourth-order valence-electron chi connectivity index (χ4n) is 3.63. The summed E-state index contributed by atoms with van der Waals surface area (Å²) in [5, 5.41) is 0. The Hall–Kier alpha value is -2.95. The predicted octanol–water partition coefficient (Wildman–Crippen LogP) is 3.00. The van der Waals surface area contributed by atoms with Crippen LogP contribution in [0.4, 0.5) is 11.4 Å². The topological polar surface area (TPSA) is 53.0 Å². The van der Waals surface area contributed by atoms with E-state index in [9.17, 15) is 9.59 Å². The van der Waals surface area contributed by atoms with Gasteiger partial charge < -0.3 is 9.80 Å². The molecule has 0 saturated carbocycles. The lowest BCUT2D eigenvalue weighted by Crippen LogP contribution is -2.51. The van der Waals surface area contributed by atoms with Crippen molar-refractivity contribution in [2.45, 2.75) is 26.3 Å². The van der Waals surface area contributed by atoms with E-state index in [4.69, 9.17) is 0 Å². The molecule has 0 spiro atoms.